The second kappa shape index (κ2) is 6.57. The quantitative estimate of drug-likeness (QED) is 0.569. The maximum atomic E-state index is 12.0. The number of urea groups is 1. The van der Waals surface area contributed by atoms with Crippen LogP contribution in [0.3, 0.4) is 0 Å². The average molecular weight is 270 g/mol. The Kier molecular flexibility index (Phi) is 5.10. The van der Waals surface area contributed by atoms with Crippen molar-refractivity contribution in [1.82, 2.24) is 20.5 Å². The lowest BCUT2D eigenvalue weighted by atomic mass is 10.0. The van der Waals surface area contributed by atoms with Crippen molar-refractivity contribution in [2.24, 2.45) is 11.7 Å². The van der Waals surface area contributed by atoms with Crippen LogP contribution in [0.15, 0.2) is 0 Å². The fraction of sp³-hybridized carbons (Fsp3) is 0.600. The zero-order chi connectivity index (χ0) is 14.4. The van der Waals surface area contributed by atoms with Gasteiger partial charge in [-0.25, -0.2) is 9.89 Å². The Morgan fingerprint density at radius 1 is 1.47 bits per heavy atom. The maximum Gasteiger partial charge on any atom is 0.336 e. The summed E-state index contributed by atoms with van der Waals surface area (Å²) in [6, 6.07) is -1.37. The van der Waals surface area contributed by atoms with Crippen LogP contribution in [0.2, 0.25) is 0 Å². The SMILES string of the molecule is COc1n[nH]c(NC(=O)C(CC(C)C)NC(N)=O)n1. The molecule has 0 aliphatic carbocycles. The molecule has 1 rings (SSSR count). The van der Waals surface area contributed by atoms with E-state index in [2.05, 4.69) is 25.8 Å². The van der Waals surface area contributed by atoms with Gasteiger partial charge in [0.25, 0.3) is 0 Å². The summed E-state index contributed by atoms with van der Waals surface area (Å²) in [5.41, 5.74) is 5.04. The van der Waals surface area contributed by atoms with Crippen molar-refractivity contribution in [1.29, 1.82) is 0 Å². The Balaban J connectivity index is 2.67. The summed E-state index contributed by atoms with van der Waals surface area (Å²) in [7, 11) is 1.41. The standard InChI is InChI=1S/C10H18N6O3/c1-5(2)4-6(12-8(11)18)7(17)13-9-14-10(19-3)16-15-9/h5-6H,4H2,1-3H3,(H3,11,12,18)(H2,13,14,15,16,17). The van der Waals surface area contributed by atoms with Crippen molar-refractivity contribution >= 4 is 17.9 Å². The number of nitrogens with zero attached hydrogens (tertiary/aromatic N) is 2. The molecule has 1 atom stereocenters. The maximum absolute atomic E-state index is 12.0. The van der Waals surface area contributed by atoms with Gasteiger partial charge < -0.3 is 15.8 Å². The summed E-state index contributed by atoms with van der Waals surface area (Å²) in [6.07, 6.45) is 0.458. The number of primary amides is 1. The van der Waals surface area contributed by atoms with Crippen LogP contribution in [0.1, 0.15) is 20.3 Å². The molecule has 1 unspecified atom stereocenters. The number of hydrogen-bond donors (Lipinski definition) is 4. The van der Waals surface area contributed by atoms with Crippen molar-refractivity contribution < 1.29 is 14.3 Å². The Bertz CT molecular complexity index is 444. The third-order valence-corrected chi connectivity index (χ3v) is 2.23. The van der Waals surface area contributed by atoms with Gasteiger partial charge in [-0.2, -0.15) is 4.98 Å². The molecule has 0 spiro atoms. The zero-order valence-electron chi connectivity index (χ0n) is 11.1. The number of carbonyl (C=O) groups is 2. The number of nitrogens with one attached hydrogen (secondary N) is 3. The molecule has 5 N–H and O–H groups in total. The lowest BCUT2D eigenvalue weighted by Crippen LogP contribution is -2.46. The number of aromatic nitrogens is 3. The zero-order valence-corrected chi connectivity index (χ0v) is 11.1. The fourth-order valence-electron chi connectivity index (χ4n) is 1.47. The molecule has 0 aliphatic heterocycles. The van der Waals surface area contributed by atoms with E-state index < -0.39 is 18.0 Å². The Morgan fingerprint density at radius 2 is 2.16 bits per heavy atom. The van der Waals surface area contributed by atoms with Crippen LogP contribution in [-0.4, -0.2) is 40.3 Å². The summed E-state index contributed by atoms with van der Waals surface area (Å²) in [5, 5.41) is 11.0. The molecule has 0 bridgehead atoms. The molecule has 106 valence electrons. The highest BCUT2D eigenvalue weighted by Crippen LogP contribution is 2.09. The molecule has 0 saturated carbocycles. The van der Waals surface area contributed by atoms with Crippen molar-refractivity contribution in [3.05, 3.63) is 0 Å². The predicted molar refractivity (Wildman–Crippen MR) is 67.5 cm³/mol. The number of carbonyl (C=O) groups excluding carboxylic acids is 2. The van der Waals surface area contributed by atoms with E-state index in [1.807, 2.05) is 13.8 Å². The molecule has 9 nitrogen and oxygen atoms in total. The third kappa shape index (κ3) is 4.82. The largest absolute Gasteiger partial charge is 0.466 e. The Labute approximate surface area is 110 Å². The van der Waals surface area contributed by atoms with Gasteiger partial charge in [-0.3, -0.25) is 10.1 Å². The Morgan fingerprint density at radius 3 is 2.63 bits per heavy atom. The van der Waals surface area contributed by atoms with Gasteiger partial charge >= 0.3 is 12.0 Å². The second-order valence-electron chi connectivity index (χ2n) is 4.35. The summed E-state index contributed by atoms with van der Waals surface area (Å²) in [6.45, 7) is 3.86. The van der Waals surface area contributed by atoms with Crippen LogP contribution in [0, 0.1) is 5.92 Å². The number of H-pyrrole nitrogens is 1. The fourth-order valence-corrected chi connectivity index (χ4v) is 1.47. The average Bonchev–Trinajstić information content (AvgIpc) is 2.74. The van der Waals surface area contributed by atoms with E-state index in [1.165, 1.54) is 7.11 Å². The van der Waals surface area contributed by atoms with E-state index >= 15 is 0 Å². The van der Waals surface area contributed by atoms with Crippen molar-refractivity contribution in [2.45, 2.75) is 26.3 Å². The highest BCUT2D eigenvalue weighted by atomic mass is 16.5. The molecule has 0 radical (unpaired) electrons. The van der Waals surface area contributed by atoms with Crippen LogP contribution in [0.4, 0.5) is 10.7 Å². The van der Waals surface area contributed by atoms with Gasteiger partial charge in [-0.15, -0.1) is 5.10 Å². The van der Waals surface area contributed by atoms with E-state index in [0.29, 0.717) is 6.42 Å². The van der Waals surface area contributed by atoms with Crippen LogP contribution in [0.5, 0.6) is 6.01 Å². The first kappa shape index (κ1) is 14.7. The number of rotatable bonds is 6. The molecule has 9 heteroatoms. The van der Waals surface area contributed by atoms with E-state index in [4.69, 9.17) is 10.5 Å². The van der Waals surface area contributed by atoms with Crippen LogP contribution in [0.25, 0.3) is 0 Å². The number of methoxy groups -OCH3 is 1. The van der Waals surface area contributed by atoms with Gasteiger partial charge in [0.1, 0.15) is 6.04 Å². The first-order valence-corrected chi connectivity index (χ1v) is 5.75. The van der Waals surface area contributed by atoms with Crippen LogP contribution >= 0.6 is 0 Å². The summed E-state index contributed by atoms with van der Waals surface area (Å²) >= 11 is 0. The molecular formula is C10H18N6O3. The molecular weight excluding hydrogens is 252 g/mol. The van der Waals surface area contributed by atoms with Gasteiger partial charge in [0.15, 0.2) is 0 Å². The van der Waals surface area contributed by atoms with E-state index in [-0.39, 0.29) is 17.9 Å². The number of aromatic amines is 1. The highest BCUT2D eigenvalue weighted by Gasteiger charge is 2.22. The lowest BCUT2D eigenvalue weighted by Gasteiger charge is -2.18. The Hall–Kier alpha value is -2.32. The number of nitrogens with two attached hydrogens (primary N) is 1. The molecule has 0 fully saturated rings. The minimum absolute atomic E-state index is 0.110. The molecule has 3 amide bonds. The van der Waals surface area contributed by atoms with Crippen molar-refractivity contribution in [3.63, 3.8) is 0 Å². The first-order chi connectivity index (χ1) is 8.92. The second-order valence-corrected chi connectivity index (χ2v) is 4.35. The summed E-state index contributed by atoms with van der Waals surface area (Å²) < 4.78 is 4.77. The molecule has 1 aromatic rings. The monoisotopic (exact) mass is 270 g/mol. The minimum Gasteiger partial charge on any atom is -0.466 e. The topological polar surface area (TPSA) is 135 Å². The number of ether oxygens (including phenoxy) is 1. The molecule has 0 aromatic carbocycles. The molecule has 0 aliphatic rings. The normalized spacial score (nSPS) is 12.0. The first-order valence-electron chi connectivity index (χ1n) is 5.75. The van der Waals surface area contributed by atoms with E-state index in [1.54, 1.807) is 0 Å². The van der Waals surface area contributed by atoms with Crippen LogP contribution in [-0.2, 0) is 4.79 Å². The number of anilines is 1. The molecule has 0 saturated heterocycles. The molecule has 19 heavy (non-hydrogen) atoms. The van der Waals surface area contributed by atoms with Gasteiger partial charge in [-0.1, -0.05) is 13.8 Å². The van der Waals surface area contributed by atoms with E-state index in [9.17, 15) is 9.59 Å². The molecule has 1 heterocycles. The summed E-state index contributed by atoms with van der Waals surface area (Å²) in [5.74, 6) is -0.0694. The summed E-state index contributed by atoms with van der Waals surface area (Å²) in [4.78, 5) is 26.7. The third-order valence-electron chi connectivity index (χ3n) is 2.23. The van der Waals surface area contributed by atoms with Crippen LogP contribution < -0.4 is 21.1 Å². The smallest absolute Gasteiger partial charge is 0.336 e. The number of amides is 3. The highest BCUT2D eigenvalue weighted by molar-refractivity contribution is 5.95. The minimum atomic E-state index is -0.754. The molecule has 1 aromatic heterocycles. The van der Waals surface area contributed by atoms with Gasteiger partial charge in [-0.05, 0) is 12.3 Å². The number of hydrogen-bond acceptors (Lipinski definition) is 5. The lowest BCUT2D eigenvalue weighted by molar-refractivity contribution is -0.118. The van der Waals surface area contributed by atoms with Crippen molar-refractivity contribution in [2.75, 3.05) is 12.4 Å². The van der Waals surface area contributed by atoms with Gasteiger partial charge in [0.2, 0.25) is 11.9 Å². The van der Waals surface area contributed by atoms with Crippen molar-refractivity contribution in [3.8, 4) is 6.01 Å². The predicted octanol–water partition coefficient (Wildman–Crippen LogP) is -0.165. The van der Waals surface area contributed by atoms with E-state index in [0.717, 1.165) is 0 Å². The van der Waals surface area contributed by atoms with Gasteiger partial charge in [0, 0.05) is 0 Å². The van der Waals surface area contributed by atoms with Gasteiger partial charge in [0.05, 0.1) is 7.11 Å².